The first-order valence-corrected chi connectivity index (χ1v) is 21.8. The summed E-state index contributed by atoms with van der Waals surface area (Å²) in [6.07, 6.45) is 22.6. The minimum absolute atomic E-state index is 0.0540. The highest BCUT2D eigenvalue weighted by molar-refractivity contribution is 6.40. The molecular formula is C46H63N7O6. The second-order valence-corrected chi connectivity index (χ2v) is 19.0. The highest BCUT2D eigenvalue weighted by atomic mass is 16.2. The molecule has 4 N–H and O–H groups in total. The monoisotopic (exact) mass is 809 g/mol. The SMILES string of the molecule is C=CCNC(=O)C(=O)C(CC1CCC1)NC(=O)[C@@H]1C2[C@H](CN1C(=O)[C@@H](NC(=O)[C@@H](NC(=O)C1=NC=CN(C)C1)C1(C)CCCCC1)C1CC3=C(CC=CC=C3)C1)C2(C)C. The van der Waals surface area contributed by atoms with E-state index in [0.717, 1.165) is 63.4 Å². The van der Waals surface area contributed by atoms with Crippen LogP contribution < -0.4 is 21.3 Å². The van der Waals surface area contributed by atoms with E-state index < -0.39 is 59.0 Å². The molecule has 59 heavy (non-hydrogen) atoms. The minimum atomic E-state index is -1.02. The Bertz CT molecular complexity index is 1880. The third kappa shape index (κ3) is 8.89. The number of ketones is 1. The number of aliphatic imine (C=N–C) groups is 1. The number of Topliss-reactive ketones (excluding diaryl/α,β-unsaturated/α-hetero) is 1. The van der Waals surface area contributed by atoms with Gasteiger partial charge in [-0.25, -0.2) is 0 Å². The molecule has 7 rings (SSSR count). The molecule has 3 unspecified atom stereocenters. The van der Waals surface area contributed by atoms with E-state index in [9.17, 15) is 24.0 Å². The van der Waals surface area contributed by atoms with E-state index in [4.69, 9.17) is 0 Å². The summed E-state index contributed by atoms with van der Waals surface area (Å²) in [7, 11) is 1.86. The van der Waals surface area contributed by atoms with Gasteiger partial charge in [0, 0.05) is 32.5 Å². The van der Waals surface area contributed by atoms with Gasteiger partial charge in [0.1, 0.15) is 23.8 Å². The van der Waals surface area contributed by atoms with E-state index in [-0.39, 0.29) is 41.5 Å². The summed E-state index contributed by atoms with van der Waals surface area (Å²) >= 11 is 0. The van der Waals surface area contributed by atoms with Crippen LogP contribution in [0.1, 0.15) is 97.8 Å². The molecule has 1 saturated heterocycles. The molecule has 7 aliphatic rings. The van der Waals surface area contributed by atoms with Crippen molar-refractivity contribution in [2.75, 3.05) is 26.7 Å². The van der Waals surface area contributed by atoms with Crippen LogP contribution in [0.15, 0.2) is 65.5 Å². The predicted molar refractivity (Wildman–Crippen MR) is 225 cm³/mol. The zero-order valence-electron chi connectivity index (χ0n) is 35.3. The third-order valence-corrected chi connectivity index (χ3v) is 14.6. The first-order chi connectivity index (χ1) is 28.2. The number of carbonyl (C=O) groups excluding carboxylic acids is 6. The van der Waals surface area contributed by atoms with Crippen LogP contribution in [0.25, 0.3) is 0 Å². The number of hydrogen-bond acceptors (Lipinski definition) is 8. The molecule has 3 saturated carbocycles. The maximum atomic E-state index is 15.3. The summed E-state index contributed by atoms with van der Waals surface area (Å²) in [5, 5.41) is 11.8. The Hall–Kier alpha value is -4.81. The molecule has 13 heteroatoms. The van der Waals surface area contributed by atoms with E-state index in [1.807, 2.05) is 31.0 Å². The first-order valence-electron chi connectivity index (χ1n) is 21.8. The molecule has 318 valence electrons. The van der Waals surface area contributed by atoms with E-state index >= 15 is 4.79 Å². The number of rotatable bonds is 15. The van der Waals surface area contributed by atoms with Crippen molar-refractivity contribution >= 4 is 41.0 Å². The number of nitrogens with zero attached hydrogens (tertiary/aromatic N) is 3. The van der Waals surface area contributed by atoms with Crippen molar-refractivity contribution in [1.29, 1.82) is 0 Å². The van der Waals surface area contributed by atoms with Gasteiger partial charge in [0.25, 0.3) is 11.8 Å². The van der Waals surface area contributed by atoms with Crippen molar-refractivity contribution in [2.24, 2.45) is 39.5 Å². The molecule has 0 aromatic carbocycles. The smallest absolute Gasteiger partial charge is 0.289 e. The summed E-state index contributed by atoms with van der Waals surface area (Å²) in [5.41, 5.74) is 1.91. The third-order valence-electron chi connectivity index (χ3n) is 14.6. The Morgan fingerprint density at radius 1 is 0.983 bits per heavy atom. The highest BCUT2D eigenvalue weighted by Gasteiger charge is 2.70. The van der Waals surface area contributed by atoms with E-state index in [1.54, 1.807) is 17.3 Å². The Morgan fingerprint density at radius 3 is 2.44 bits per heavy atom. The highest BCUT2D eigenvalue weighted by Crippen LogP contribution is 2.65. The number of nitrogens with one attached hydrogen (secondary N) is 4. The molecular weight excluding hydrogens is 747 g/mol. The molecule has 0 bridgehead atoms. The van der Waals surface area contributed by atoms with Crippen LogP contribution in [0.2, 0.25) is 0 Å². The Kier molecular flexibility index (Phi) is 12.5. The second kappa shape index (κ2) is 17.4. The molecule has 2 aliphatic heterocycles. The van der Waals surface area contributed by atoms with E-state index in [0.29, 0.717) is 38.1 Å². The quantitative estimate of drug-likeness (QED) is 0.143. The van der Waals surface area contributed by atoms with Crippen LogP contribution in [0.3, 0.4) is 0 Å². The van der Waals surface area contributed by atoms with Gasteiger partial charge < -0.3 is 31.1 Å². The summed E-state index contributed by atoms with van der Waals surface area (Å²) in [6.45, 7) is 10.6. The molecule has 0 radical (unpaired) electrons. The van der Waals surface area contributed by atoms with Crippen molar-refractivity contribution in [3.05, 3.63) is 60.5 Å². The van der Waals surface area contributed by atoms with Gasteiger partial charge in [0.15, 0.2) is 0 Å². The van der Waals surface area contributed by atoms with Crippen LogP contribution >= 0.6 is 0 Å². The summed E-state index contributed by atoms with van der Waals surface area (Å²) in [4.78, 5) is 92.9. The molecule has 5 amide bonds. The second-order valence-electron chi connectivity index (χ2n) is 19.0. The number of amides is 5. The van der Waals surface area contributed by atoms with Crippen molar-refractivity contribution in [3.63, 3.8) is 0 Å². The Morgan fingerprint density at radius 2 is 1.75 bits per heavy atom. The molecule has 5 aliphatic carbocycles. The Balaban J connectivity index is 1.17. The molecule has 13 nitrogen and oxygen atoms in total. The number of allylic oxidation sites excluding steroid dienone is 6. The normalized spacial score (nSPS) is 27.8. The van der Waals surface area contributed by atoms with Crippen molar-refractivity contribution in [3.8, 4) is 0 Å². The predicted octanol–water partition coefficient (Wildman–Crippen LogP) is 4.04. The number of hydrogen-bond donors (Lipinski definition) is 4. The zero-order chi connectivity index (χ0) is 42.1. The molecule has 0 aromatic heterocycles. The number of likely N-dealkylation sites (tertiary alicyclic amines) is 1. The zero-order valence-corrected chi connectivity index (χ0v) is 35.3. The van der Waals surface area contributed by atoms with Gasteiger partial charge in [-0.05, 0) is 78.6 Å². The summed E-state index contributed by atoms with van der Waals surface area (Å²) in [6, 6.07) is -3.81. The largest absolute Gasteiger partial charge is 0.373 e. The standard InChI is InChI=1S/C46H63N7O6/c1-6-20-48-42(57)38(54)33(23-28-14-13-15-28)49-41(56)37-35-32(45(35,2)3)26-53(37)44(59)36(31-24-29-16-9-7-10-17-30(29)25-31)50-43(58)39(46(4)18-11-8-12-19-46)51-40(55)34-27-52(5)22-21-47-34/h6-7,9-10,16,21-22,28,31-33,35-37,39H,1,8,11-15,17-20,23-27H2,2-5H3,(H,48,57)(H,49,56)(H,50,58)(H,51,55)/t31?,32-,33?,35?,36-,37-,39+/m0/s1. The van der Waals surface area contributed by atoms with Gasteiger partial charge >= 0.3 is 0 Å². The van der Waals surface area contributed by atoms with Crippen molar-refractivity contribution in [2.45, 2.75) is 122 Å². The van der Waals surface area contributed by atoms with Crippen molar-refractivity contribution in [1.82, 2.24) is 31.1 Å². The van der Waals surface area contributed by atoms with Crippen LogP contribution in [0.5, 0.6) is 0 Å². The lowest BCUT2D eigenvalue weighted by molar-refractivity contribution is -0.146. The van der Waals surface area contributed by atoms with Crippen LogP contribution in [0, 0.1) is 34.5 Å². The molecule has 0 aromatic rings. The van der Waals surface area contributed by atoms with Gasteiger partial charge in [-0.3, -0.25) is 33.8 Å². The molecule has 7 atom stereocenters. The van der Waals surface area contributed by atoms with E-state index in [1.165, 1.54) is 11.6 Å². The van der Waals surface area contributed by atoms with Crippen molar-refractivity contribution < 1.29 is 28.8 Å². The maximum absolute atomic E-state index is 15.3. The molecule has 0 spiro atoms. The topological polar surface area (TPSA) is 169 Å². The number of fused-ring (bicyclic) bond motifs is 1. The van der Waals surface area contributed by atoms with Gasteiger partial charge in [0.2, 0.25) is 23.5 Å². The number of piperidine rings is 1. The summed E-state index contributed by atoms with van der Waals surface area (Å²) < 4.78 is 0. The minimum Gasteiger partial charge on any atom is -0.373 e. The molecule has 2 heterocycles. The fourth-order valence-electron chi connectivity index (χ4n) is 10.7. The first kappa shape index (κ1) is 42.3. The lowest BCUT2D eigenvalue weighted by atomic mass is 9.70. The van der Waals surface area contributed by atoms with Gasteiger partial charge in [-0.15, -0.1) is 6.58 Å². The van der Waals surface area contributed by atoms with Crippen LogP contribution in [-0.2, 0) is 28.8 Å². The van der Waals surface area contributed by atoms with Crippen LogP contribution in [-0.4, -0.2) is 102 Å². The molecule has 4 fully saturated rings. The average Bonchev–Trinajstić information content (AvgIpc) is 3.44. The van der Waals surface area contributed by atoms with E-state index in [2.05, 4.69) is 58.8 Å². The van der Waals surface area contributed by atoms with Crippen LogP contribution in [0.4, 0.5) is 0 Å². The fourth-order valence-corrected chi connectivity index (χ4v) is 10.7. The Labute approximate surface area is 348 Å². The lowest BCUT2D eigenvalue weighted by Gasteiger charge is -2.41. The maximum Gasteiger partial charge on any atom is 0.289 e. The number of carbonyl (C=O) groups is 6. The summed E-state index contributed by atoms with van der Waals surface area (Å²) in [5.74, 6) is -3.24. The lowest BCUT2D eigenvalue weighted by Crippen LogP contribution is -2.63. The van der Waals surface area contributed by atoms with Gasteiger partial charge in [-0.1, -0.05) is 95.2 Å². The fraction of sp³-hybridized carbons (Fsp3) is 0.630. The average molecular weight is 810 g/mol. The van der Waals surface area contributed by atoms with Gasteiger partial charge in [-0.2, -0.15) is 0 Å². The van der Waals surface area contributed by atoms with Gasteiger partial charge in [0.05, 0.1) is 12.6 Å².